The van der Waals surface area contributed by atoms with Crippen LogP contribution in [-0.4, -0.2) is 54.8 Å². The summed E-state index contributed by atoms with van der Waals surface area (Å²) in [4.78, 5) is 38.1. The fourth-order valence-electron chi connectivity index (χ4n) is 3.11. The van der Waals surface area contributed by atoms with Gasteiger partial charge >= 0.3 is 5.97 Å². The van der Waals surface area contributed by atoms with Gasteiger partial charge < -0.3 is 14.2 Å². The van der Waals surface area contributed by atoms with Gasteiger partial charge in [-0.05, 0) is 19.1 Å². The summed E-state index contributed by atoms with van der Waals surface area (Å²) >= 11 is 0. The van der Waals surface area contributed by atoms with Crippen molar-refractivity contribution in [2.45, 2.75) is 12.7 Å². The van der Waals surface area contributed by atoms with E-state index < -0.39 is 58.8 Å². The number of esters is 1. The molecule has 0 aliphatic carbocycles. The van der Waals surface area contributed by atoms with Crippen molar-refractivity contribution < 1.29 is 37.4 Å². The van der Waals surface area contributed by atoms with E-state index >= 15 is 0 Å². The van der Waals surface area contributed by atoms with Gasteiger partial charge in [0, 0.05) is 6.54 Å². The second kappa shape index (κ2) is 7.16. The van der Waals surface area contributed by atoms with Crippen molar-refractivity contribution in [3.8, 4) is 0 Å². The average Bonchev–Trinajstić information content (AvgIpc) is 3.18. The Morgan fingerprint density at radius 2 is 1.78 bits per heavy atom. The molecule has 9 heteroatoms. The average molecular weight is 381 g/mol. The third-order valence-electron chi connectivity index (χ3n) is 4.51. The molecule has 0 radical (unpaired) electrons. The molecule has 7 nitrogen and oxygen atoms in total. The van der Waals surface area contributed by atoms with Crippen LogP contribution in [-0.2, 0) is 19.0 Å². The topological polar surface area (TPSA) is 82.1 Å². The molecule has 3 rings (SSSR count). The molecule has 144 valence electrons. The molecule has 0 spiro atoms. The summed E-state index contributed by atoms with van der Waals surface area (Å²) in [7, 11) is 0. The van der Waals surface area contributed by atoms with Gasteiger partial charge in [0.2, 0.25) is 0 Å². The first-order valence-corrected chi connectivity index (χ1v) is 8.19. The molecular weight excluding hydrogens is 364 g/mol. The van der Waals surface area contributed by atoms with Crippen LogP contribution in [0.5, 0.6) is 0 Å². The first-order valence-electron chi connectivity index (χ1n) is 8.19. The molecule has 2 aliphatic rings. The van der Waals surface area contributed by atoms with E-state index in [0.29, 0.717) is 4.90 Å². The monoisotopic (exact) mass is 381 g/mol. The number of hydrogen-bond donors (Lipinski definition) is 0. The highest BCUT2D eigenvalue weighted by atomic mass is 19.1. The standard InChI is InChI=1S/C18H17F2NO6/c1-3-6-25-17(24)10(18(2)26-7-8-27-18)9-21-15(22)13-11(19)4-5-12(20)14(13)16(21)23/h3-5,10H,1,6-9H2,2H3. The Kier molecular flexibility index (Phi) is 5.07. The molecule has 1 aromatic rings. The molecule has 27 heavy (non-hydrogen) atoms. The van der Waals surface area contributed by atoms with Crippen LogP contribution >= 0.6 is 0 Å². The Hall–Kier alpha value is -2.65. The summed E-state index contributed by atoms with van der Waals surface area (Å²) in [6, 6.07) is 1.53. The Morgan fingerprint density at radius 3 is 2.26 bits per heavy atom. The van der Waals surface area contributed by atoms with E-state index in [1.807, 2.05) is 0 Å². The van der Waals surface area contributed by atoms with Gasteiger partial charge in [0.1, 0.15) is 24.2 Å². The van der Waals surface area contributed by atoms with Crippen molar-refractivity contribution in [2.24, 2.45) is 5.92 Å². The van der Waals surface area contributed by atoms with Gasteiger partial charge in [-0.1, -0.05) is 12.7 Å². The van der Waals surface area contributed by atoms with Gasteiger partial charge in [-0.2, -0.15) is 0 Å². The Bertz CT molecular complexity index is 777. The van der Waals surface area contributed by atoms with E-state index in [0.717, 1.165) is 12.1 Å². The Morgan fingerprint density at radius 1 is 1.26 bits per heavy atom. The zero-order valence-electron chi connectivity index (χ0n) is 14.5. The fourth-order valence-corrected chi connectivity index (χ4v) is 3.11. The van der Waals surface area contributed by atoms with Crippen molar-refractivity contribution in [1.29, 1.82) is 0 Å². The smallest absolute Gasteiger partial charge is 0.316 e. The third-order valence-corrected chi connectivity index (χ3v) is 4.51. The first kappa shape index (κ1) is 19.1. The molecular formula is C18H17F2NO6. The lowest BCUT2D eigenvalue weighted by Gasteiger charge is -2.32. The van der Waals surface area contributed by atoms with Crippen LogP contribution in [0.2, 0.25) is 0 Å². The zero-order chi connectivity index (χ0) is 19.8. The normalized spacial score (nSPS) is 19.1. The second-order valence-electron chi connectivity index (χ2n) is 6.18. The highest BCUT2D eigenvalue weighted by molar-refractivity contribution is 6.21. The number of benzene rings is 1. The minimum atomic E-state index is -1.45. The molecule has 2 amide bonds. The Balaban J connectivity index is 1.92. The molecule has 1 fully saturated rings. The summed E-state index contributed by atoms with van der Waals surface area (Å²) in [5.41, 5.74) is -1.31. The number of ether oxygens (including phenoxy) is 3. The number of halogens is 2. The van der Waals surface area contributed by atoms with Gasteiger partial charge in [-0.3, -0.25) is 19.3 Å². The highest BCUT2D eigenvalue weighted by Gasteiger charge is 2.50. The van der Waals surface area contributed by atoms with Crippen molar-refractivity contribution in [3.05, 3.63) is 47.5 Å². The molecule has 2 heterocycles. The molecule has 1 unspecified atom stereocenters. The third kappa shape index (κ3) is 3.24. The predicted molar refractivity (Wildman–Crippen MR) is 86.7 cm³/mol. The lowest BCUT2D eigenvalue weighted by Crippen LogP contribution is -2.49. The molecule has 0 N–H and O–H groups in total. The van der Waals surface area contributed by atoms with Crippen molar-refractivity contribution in [2.75, 3.05) is 26.4 Å². The van der Waals surface area contributed by atoms with E-state index in [2.05, 4.69) is 6.58 Å². The summed E-state index contributed by atoms with van der Waals surface area (Å²) in [6.45, 7) is 4.70. The second-order valence-corrected chi connectivity index (χ2v) is 6.18. The van der Waals surface area contributed by atoms with Crippen LogP contribution in [0, 0.1) is 17.6 Å². The number of amides is 2. The first-order chi connectivity index (χ1) is 12.8. The number of carbonyl (C=O) groups excluding carboxylic acids is 3. The maximum Gasteiger partial charge on any atom is 0.316 e. The van der Waals surface area contributed by atoms with E-state index in [-0.39, 0.29) is 19.8 Å². The number of fused-ring (bicyclic) bond motifs is 1. The summed E-state index contributed by atoms with van der Waals surface area (Å²) in [6.07, 6.45) is 1.35. The molecule has 0 bridgehead atoms. The Labute approximate surface area is 153 Å². The van der Waals surface area contributed by atoms with Gasteiger partial charge in [-0.25, -0.2) is 8.78 Å². The lowest BCUT2D eigenvalue weighted by atomic mass is 9.99. The fraction of sp³-hybridized carbons (Fsp3) is 0.389. The molecule has 0 saturated carbocycles. The molecule has 1 atom stereocenters. The van der Waals surface area contributed by atoms with E-state index in [4.69, 9.17) is 14.2 Å². The van der Waals surface area contributed by atoms with Crippen molar-refractivity contribution >= 4 is 17.8 Å². The van der Waals surface area contributed by atoms with Gasteiger partial charge in [0.15, 0.2) is 5.79 Å². The van der Waals surface area contributed by atoms with Crippen LogP contribution < -0.4 is 0 Å². The predicted octanol–water partition coefficient (Wildman–Crippen LogP) is 1.67. The van der Waals surface area contributed by atoms with Crippen LogP contribution in [0.3, 0.4) is 0 Å². The molecule has 2 aliphatic heterocycles. The van der Waals surface area contributed by atoms with Gasteiger partial charge in [0.25, 0.3) is 11.8 Å². The van der Waals surface area contributed by atoms with Crippen LogP contribution in [0.15, 0.2) is 24.8 Å². The van der Waals surface area contributed by atoms with Gasteiger partial charge in [-0.15, -0.1) is 0 Å². The summed E-state index contributed by atoms with van der Waals surface area (Å²) in [5.74, 6) is -7.56. The minimum Gasteiger partial charge on any atom is -0.461 e. The lowest BCUT2D eigenvalue weighted by molar-refractivity contribution is -0.200. The maximum absolute atomic E-state index is 14.0. The van der Waals surface area contributed by atoms with Crippen molar-refractivity contribution in [3.63, 3.8) is 0 Å². The quantitative estimate of drug-likeness (QED) is 0.424. The molecule has 1 aromatic carbocycles. The molecule has 1 saturated heterocycles. The number of hydrogen-bond acceptors (Lipinski definition) is 6. The van der Waals surface area contributed by atoms with E-state index in [9.17, 15) is 23.2 Å². The highest BCUT2D eigenvalue weighted by Crippen LogP contribution is 2.33. The largest absolute Gasteiger partial charge is 0.461 e. The minimum absolute atomic E-state index is 0.100. The SMILES string of the molecule is C=CCOC(=O)C(CN1C(=O)c2c(F)ccc(F)c2C1=O)C1(C)OCCO1. The maximum atomic E-state index is 14.0. The number of rotatable bonds is 6. The van der Waals surface area contributed by atoms with Crippen LogP contribution in [0.4, 0.5) is 8.78 Å². The van der Waals surface area contributed by atoms with Gasteiger partial charge in [0.05, 0.1) is 24.3 Å². The van der Waals surface area contributed by atoms with Crippen LogP contribution in [0.1, 0.15) is 27.6 Å². The number of nitrogens with zero attached hydrogens (tertiary/aromatic N) is 1. The summed E-state index contributed by atoms with van der Waals surface area (Å²) in [5, 5.41) is 0. The number of carbonyl (C=O) groups is 3. The number of imide groups is 1. The molecule has 0 aromatic heterocycles. The van der Waals surface area contributed by atoms with Crippen molar-refractivity contribution in [1.82, 2.24) is 4.90 Å². The van der Waals surface area contributed by atoms with E-state index in [1.165, 1.54) is 13.0 Å². The zero-order valence-corrected chi connectivity index (χ0v) is 14.5. The summed E-state index contributed by atoms with van der Waals surface area (Å²) < 4.78 is 43.9. The van der Waals surface area contributed by atoms with Crippen LogP contribution in [0.25, 0.3) is 0 Å². The van der Waals surface area contributed by atoms with E-state index in [1.54, 1.807) is 0 Å².